The number of ether oxygens (including phenoxy) is 1. The van der Waals surface area contributed by atoms with E-state index in [1.807, 2.05) is 7.05 Å². The monoisotopic (exact) mass is 437 g/mol. The maximum absolute atomic E-state index is 5.18. The molecule has 1 aromatic rings. The van der Waals surface area contributed by atoms with E-state index in [1.54, 1.807) is 25.2 Å². The Balaban J connectivity index is 0.00000264. The van der Waals surface area contributed by atoms with E-state index < -0.39 is 0 Å². The van der Waals surface area contributed by atoms with Crippen molar-refractivity contribution in [1.82, 2.24) is 30.3 Å². The summed E-state index contributed by atoms with van der Waals surface area (Å²) >= 11 is 0. The van der Waals surface area contributed by atoms with E-state index in [2.05, 4.69) is 30.6 Å². The Kier molecular flexibility index (Phi) is 9.41. The topological polar surface area (TPSA) is 79.6 Å². The van der Waals surface area contributed by atoms with Gasteiger partial charge in [-0.3, -0.25) is 14.6 Å². The molecule has 0 amide bonds. The molecule has 1 aromatic heterocycles. The van der Waals surface area contributed by atoms with Crippen LogP contribution in [-0.2, 0) is 18.3 Å². The van der Waals surface area contributed by atoms with E-state index in [9.17, 15) is 0 Å². The van der Waals surface area contributed by atoms with Crippen molar-refractivity contribution in [2.75, 3.05) is 40.4 Å². The van der Waals surface area contributed by atoms with Gasteiger partial charge in [0, 0.05) is 46.9 Å². The Hall–Kier alpha value is -0.940. The van der Waals surface area contributed by atoms with Crippen molar-refractivity contribution >= 4 is 29.9 Å². The summed E-state index contributed by atoms with van der Waals surface area (Å²) in [6, 6.07) is 0.741. The Morgan fingerprint density at radius 2 is 2.22 bits per heavy atom. The molecule has 0 atom stereocenters. The van der Waals surface area contributed by atoms with E-state index in [1.165, 1.54) is 12.8 Å². The molecule has 0 bridgehead atoms. The SMILES string of the molecule is CN=C(NCCN(CCOC)C1CC1)NCc1ncnn1C.I. The summed E-state index contributed by atoms with van der Waals surface area (Å²) in [5.74, 6) is 1.66. The van der Waals surface area contributed by atoms with Gasteiger partial charge in [-0.1, -0.05) is 0 Å². The Morgan fingerprint density at radius 1 is 1.43 bits per heavy atom. The van der Waals surface area contributed by atoms with Crippen molar-refractivity contribution in [2.45, 2.75) is 25.4 Å². The molecule has 23 heavy (non-hydrogen) atoms. The minimum Gasteiger partial charge on any atom is -0.383 e. The van der Waals surface area contributed by atoms with Crippen molar-refractivity contribution < 1.29 is 4.74 Å². The summed E-state index contributed by atoms with van der Waals surface area (Å²) in [6.45, 7) is 4.24. The first kappa shape index (κ1) is 20.1. The number of guanidine groups is 1. The molecular weight excluding hydrogens is 409 g/mol. The molecule has 2 rings (SSSR count). The maximum Gasteiger partial charge on any atom is 0.191 e. The highest BCUT2D eigenvalue weighted by atomic mass is 127. The Morgan fingerprint density at radius 3 is 2.78 bits per heavy atom. The highest BCUT2D eigenvalue weighted by molar-refractivity contribution is 14.0. The number of hydrogen-bond donors (Lipinski definition) is 2. The van der Waals surface area contributed by atoms with Crippen LogP contribution in [0, 0.1) is 0 Å². The molecule has 0 unspecified atom stereocenters. The molecule has 1 aliphatic carbocycles. The van der Waals surface area contributed by atoms with Crippen molar-refractivity contribution in [3.63, 3.8) is 0 Å². The number of halogens is 1. The van der Waals surface area contributed by atoms with E-state index in [0.29, 0.717) is 6.54 Å². The largest absolute Gasteiger partial charge is 0.383 e. The zero-order valence-electron chi connectivity index (χ0n) is 14.2. The quantitative estimate of drug-likeness (QED) is 0.327. The molecular formula is C14H28IN7O. The summed E-state index contributed by atoms with van der Waals surface area (Å²) in [7, 11) is 5.40. The molecule has 1 fully saturated rings. The van der Waals surface area contributed by atoms with Crippen LogP contribution < -0.4 is 10.6 Å². The maximum atomic E-state index is 5.18. The number of nitrogens with zero attached hydrogens (tertiary/aromatic N) is 5. The number of methoxy groups -OCH3 is 1. The standard InChI is InChI=1S/C14H27N7O.HI/c1-15-14(17-10-13-18-11-19-20(13)2)16-6-7-21(8-9-22-3)12-4-5-12;/h11-12H,4-10H2,1-3H3,(H2,15,16,17);1H. The molecule has 0 aliphatic heterocycles. The molecule has 2 N–H and O–H groups in total. The van der Waals surface area contributed by atoms with Crippen LogP contribution in [-0.4, -0.2) is 72.1 Å². The normalized spacial score (nSPS) is 14.7. The molecule has 0 saturated heterocycles. The van der Waals surface area contributed by atoms with E-state index in [4.69, 9.17) is 4.74 Å². The fourth-order valence-corrected chi connectivity index (χ4v) is 2.31. The Bertz CT molecular complexity index is 475. The first-order chi connectivity index (χ1) is 10.7. The number of rotatable bonds is 9. The highest BCUT2D eigenvalue weighted by Gasteiger charge is 2.28. The van der Waals surface area contributed by atoms with Gasteiger partial charge in [-0.05, 0) is 12.8 Å². The highest BCUT2D eigenvalue weighted by Crippen LogP contribution is 2.25. The third-order valence-electron chi connectivity index (χ3n) is 3.78. The fourth-order valence-electron chi connectivity index (χ4n) is 2.31. The van der Waals surface area contributed by atoms with E-state index in [0.717, 1.165) is 44.1 Å². The minimum atomic E-state index is 0. The van der Waals surface area contributed by atoms with Gasteiger partial charge in [-0.25, -0.2) is 4.98 Å². The van der Waals surface area contributed by atoms with E-state index >= 15 is 0 Å². The number of hydrogen-bond acceptors (Lipinski definition) is 5. The van der Waals surface area contributed by atoms with Crippen molar-refractivity contribution in [2.24, 2.45) is 12.0 Å². The number of aromatic nitrogens is 3. The smallest absolute Gasteiger partial charge is 0.191 e. The zero-order valence-corrected chi connectivity index (χ0v) is 16.5. The van der Waals surface area contributed by atoms with Gasteiger partial charge in [-0.15, -0.1) is 24.0 Å². The summed E-state index contributed by atoms with van der Waals surface area (Å²) in [6.07, 6.45) is 4.17. The number of nitrogens with one attached hydrogen (secondary N) is 2. The predicted octanol–water partition coefficient (Wildman–Crippen LogP) is 0.209. The predicted molar refractivity (Wildman–Crippen MR) is 101 cm³/mol. The van der Waals surface area contributed by atoms with Gasteiger partial charge in [0.2, 0.25) is 0 Å². The molecule has 132 valence electrons. The lowest BCUT2D eigenvalue weighted by atomic mass is 10.4. The third kappa shape index (κ3) is 7.00. The van der Waals surface area contributed by atoms with Crippen LogP contribution >= 0.6 is 24.0 Å². The van der Waals surface area contributed by atoms with Gasteiger partial charge in [0.05, 0.1) is 13.2 Å². The zero-order chi connectivity index (χ0) is 15.8. The summed E-state index contributed by atoms with van der Waals surface area (Å²) < 4.78 is 6.93. The Labute approximate surface area is 155 Å². The van der Waals surface area contributed by atoms with Crippen LogP contribution in [0.15, 0.2) is 11.3 Å². The first-order valence-corrected chi connectivity index (χ1v) is 7.75. The number of aliphatic imine (C=N–C) groups is 1. The van der Waals surface area contributed by atoms with Gasteiger partial charge in [0.25, 0.3) is 0 Å². The molecule has 8 nitrogen and oxygen atoms in total. The second-order valence-electron chi connectivity index (χ2n) is 5.41. The van der Waals surface area contributed by atoms with E-state index in [-0.39, 0.29) is 24.0 Å². The molecule has 0 radical (unpaired) electrons. The lowest BCUT2D eigenvalue weighted by Crippen LogP contribution is -2.42. The third-order valence-corrected chi connectivity index (χ3v) is 3.78. The summed E-state index contributed by atoms with van der Waals surface area (Å²) in [5, 5.41) is 10.6. The van der Waals surface area contributed by atoms with Crippen LogP contribution in [0.25, 0.3) is 0 Å². The molecule has 1 aliphatic rings. The minimum absolute atomic E-state index is 0. The second-order valence-corrected chi connectivity index (χ2v) is 5.41. The average Bonchev–Trinajstić information content (AvgIpc) is 3.29. The molecule has 9 heteroatoms. The first-order valence-electron chi connectivity index (χ1n) is 7.75. The second kappa shape index (κ2) is 10.8. The van der Waals surface area contributed by atoms with Crippen molar-refractivity contribution in [1.29, 1.82) is 0 Å². The fraction of sp³-hybridized carbons (Fsp3) is 0.786. The summed E-state index contributed by atoms with van der Waals surface area (Å²) in [5.41, 5.74) is 0. The number of aryl methyl sites for hydroxylation is 1. The van der Waals surface area contributed by atoms with Gasteiger partial charge < -0.3 is 15.4 Å². The van der Waals surface area contributed by atoms with Crippen LogP contribution in [0.4, 0.5) is 0 Å². The molecule has 1 heterocycles. The van der Waals surface area contributed by atoms with Crippen LogP contribution in [0.3, 0.4) is 0 Å². The molecule has 0 spiro atoms. The lowest BCUT2D eigenvalue weighted by Gasteiger charge is -2.22. The lowest BCUT2D eigenvalue weighted by molar-refractivity contribution is 0.144. The van der Waals surface area contributed by atoms with Crippen LogP contribution in [0.5, 0.6) is 0 Å². The average molecular weight is 437 g/mol. The summed E-state index contributed by atoms with van der Waals surface area (Å²) in [4.78, 5) is 10.9. The molecule has 0 aromatic carbocycles. The van der Waals surface area contributed by atoms with Gasteiger partial charge in [-0.2, -0.15) is 5.10 Å². The van der Waals surface area contributed by atoms with Crippen molar-refractivity contribution in [3.8, 4) is 0 Å². The van der Waals surface area contributed by atoms with Crippen LogP contribution in [0.1, 0.15) is 18.7 Å². The van der Waals surface area contributed by atoms with Crippen LogP contribution in [0.2, 0.25) is 0 Å². The van der Waals surface area contributed by atoms with Gasteiger partial charge in [0.15, 0.2) is 5.96 Å². The van der Waals surface area contributed by atoms with Gasteiger partial charge in [0.1, 0.15) is 12.2 Å². The molecule has 1 saturated carbocycles. The van der Waals surface area contributed by atoms with Gasteiger partial charge >= 0.3 is 0 Å². The van der Waals surface area contributed by atoms with Crippen molar-refractivity contribution in [3.05, 3.63) is 12.2 Å².